The Morgan fingerprint density at radius 1 is 1.45 bits per heavy atom. The van der Waals surface area contributed by atoms with Gasteiger partial charge < -0.3 is 15.2 Å². The summed E-state index contributed by atoms with van der Waals surface area (Å²) in [5, 5.41) is 21.9. The van der Waals surface area contributed by atoms with Gasteiger partial charge in [-0.2, -0.15) is 4.37 Å². The first kappa shape index (κ1) is 18.5. The van der Waals surface area contributed by atoms with Crippen molar-refractivity contribution in [1.82, 2.24) is 9.69 Å². The second-order valence-electron chi connectivity index (χ2n) is 5.77. The van der Waals surface area contributed by atoms with Crippen LogP contribution >= 0.6 is 11.5 Å². The lowest BCUT2D eigenvalue weighted by atomic mass is 10.1. The van der Waals surface area contributed by atoms with Crippen LogP contribution in [0.25, 0.3) is 10.6 Å². The van der Waals surface area contributed by atoms with Crippen molar-refractivity contribution < 1.29 is 19.6 Å². The Kier molecular flexibility index (Phi) is 6.85. The Balaban J connectivity index is 0.000000166. The van der Waals surface area contributed by atoms with E-state index in [1.165, 1.54) is 11.5 Å². The van der Waals surface area contributed by atoms with E-state index in [-0.39, 0.29) is 17.4 Å². The highest BCUT2D eigenvalue weighted by molar-refractivity contribution is 7.14. The van der Waals surface area contributed by atoms with E-state index in [0.29, 0.717) is 12.2 Å². The molecule has 1 saturated heterocycles. The van der Waals surface area contributed by atoms with Gasteiger partial charge in [0.2, 0.25) is 0 Å². The molecular formula is C13H21N3O5S. The van der Waals surface area contributed by atoms with Gasteiger partial charge in [-0.1, -0.05) is 0 Å². The number of fused-ring (bicyclic) bond motifs is 1. The van der Waals surface area contributed by atoms with E-state index in [1.54, 1.807) is 0 Å². The van der Waals surface area contributed by atoms with Crippen LogP contribution in [-0.4, -0.2) is 45.7 Å². The molecule has 0 bridgehead atoms. The predicted molar refractivity (Wildman–Crippen MR) is 82.8 cm³/mol. The number of aliphatic hydroxyl groups excluding tert-OH is 1. The maximum absolute atomic E-state index is 9.88. The first-order chi connectivity index (χ1) is 10.3. The summed E-state index contributed by atoms with van der Waals surface area (Å²) >= 11 is 1.20. The molecule has 0 aromatic rings. The van der Waals surface area contributed by atoms with Crippen molar-refractivity contribution in [1.29, 1.82) is 0 Å². The number of piperidine rings is 1. The zero-order chi connectivity index (χ0) is 16.8. The number of aromatic nitrogens is 1. The zero-order valence-corrected chi connectivity index (χ0v) is 13.7. The molecule has 2 aliphatic heterocycles. The Morgan fingerprint density at radius 2 is 2.00 bits per heavy atom. The summed E-state index contributed by atoms with van der Waals surface area (Å²) in [5.74, 6) is 0. The van der Waals surface area contributed by atoms with Crippen molar-refractivity contribution in [2.75, 3.05) is 13.1 Å². The molecule has 0 aromatic heterocycles. The molecule has 0 radical (unpaired) electrons. The van der Waals surface area contributed by atoms with E-state index in [2.05, 4.69) is 14.4 Å². The van der Waals surface area contributed by atoms with Crippen LogP contribution in [0.2, 0.25) is 0 Å². The van der Waals surface area contributed by atoms with Crippen molar-refractivity contribution in [3.8, 4) is 10.6 Å². The average Bonchev–Trinajstić information content (AvgIpc) is 2.91. The van der Waals surface area contributed by atoms with Crippen LogP contribution in [0.5, 0.6) is 0 Å². The lowest BCUT2D eigenvalue weighted by molar-refractivity contribution is -0.379. The smallest absolute Gasteiger partial charge is 0.318 e. The standard InChI is InChI=1S/C5H11NO.C5H10O2.C3N2O2S/c7-5-1-3-6-4-2-5;1-5(2,3)7-4-6;6-5(7)2-1-3(2)8-4-1/h5-7H,1-4H2;4H,1-3H3;. The number of nitrogens with zero attached hydrogens (tertiary/aromatic N) is 2. The van der Waals surface area contributed by atoms with Crippen LogP contribution in [-0.2, 0) is 9.53 Å². The van der Waals surface area contributed by atoms with Crippen molar-refractivity contribution >= 4 is 23.7 Å². The fourth-order valence-corrected chi connectivity index (χ4v) is 2.16. The maximum Gasteiger partial charge on any atom is 0.318 e. The average molecular weight is 331 g/mol. The third kappa shape index (κ3) is 6.46. The molecule has 1 aliphatic carbocycles. The second-order valence-corrected chi connectivity index (χ2v) is 6.55. The van der Waals surface area contributed by atoms with Crippen LogP contribution in [0.1, 0.15) is 33.6 Å². The molecule has 8 nitrogen and oxygen atoms in total. The summed E-state index contributed by atoms with van der Waals surface area (Å²) in [4.78, 5) is 19.9. The van der Waals surface area contributed by atoms with Crippen LogP contribution in [0, 0.1) is 10.1 Å². The molecule has 0 unspecified atom stereocenters. The van der Waals surface area contributed by atoms with Gasteiger partial charge in [0.25, 0.3) is 6.47 Å². The molecule has 0 saturated carbocycles. The zero-order valence-electron chi connectivity index (χ0n) is 12.9. The Labute approximate surface area is 132 Å². The third-order valence-electron chi connectivity index (χ3n) is 2.71. The molecule has 0 spiro atoms. The van der Waals surface area contributed by atoms with Gasteiger partial charge in [0, 0.05) is 0 Å². The van der Waals surface area contributed by atoms with Crippen LogP contribution in [0.3, 0.4) is 0 Å². The largest absolute Gasteiger partial charge is 0.462 e. The molecule has 0 aromatic carbocycles. The number of hydrogen-bond acceptors (Lipinski definition) is 8. The van der Waals surface area contributed by atoms with E-state index in [0.717, 1.165) is 30.8 Å². The Morgan fingerprint density at radius 3 is 2.14 bits per heavy atom. The first-order valence-corrected chi connectivity index (χ1v) is 7.68. The van der Waals surface area contributed by atoms with Gasteiger partial charge in [0.05, 0.1) is 11.0 Å². The monoisotopic (exact) mass is 331 g/mol. The van der Waals surface area contributed by atoms with Gasteiger partial charge >= 0.3 is 5.69 Å². The number of carbonyl (C=O) groups is 1. The summed E-state index contributed by atoms with van der Waals surface area (Å²) in [7, 11) is 0. The van der Waals surface area contributed by atoms with Crippen molar-refractivity contribution in [3.63, 3.8) is 0 Å². The summed E-state index contributed by atoms with van der Waals surface area (Å²) in [5.41, 5.74) is 0.525. The highest BCUT2D eigenvalue weighted by atomic mass is 32.1. The van der Waals surface area contributed by atoms with E-state index in [1.807, 2.05) is 20.8 Å². The SMILES string of the molecule is CC(C)(C)OC=O.O=[N+]([O-])c1c2nsc1-2.OC1CCNCC1. The molecule has 3 rings (SSSR count). The number of hydrogen-bond donors (Lipinski definition) is 2. The highest BCUT2D eigenvalue weighted by Gasteiger charge is 2.43. The lowest BCUT2D eigenvalue weighted by Gasteiger charge is -2.16. The van der Waals surface area contributed by atoms with Gasteiger partial charge in [0.1, 0.15) is 5.60 Å². The molecule has 9 heteroatoms. The molecule has 22 heavy (non-hydrogen) atoms. The van der Waals surface area contributed by atoms with E-state index >= 15 is 0 Å². The molecule has 0 amide bonds. The quantitative estimate of drug-likeness (QED) is 0.489. The first-order valence-electron chi connectivity index (χ1n) is 6.91. The van der Waals surface area contributed by atoms with Gasteiger partial charge in [-0.3, -0.25) is 14.9 Å². The number of aliphatic hydroxyl groups is 1. The summed E-state index contributed by atoms with van der Waals surface area (Å²) < 4.78 is 8.21. The molecule has 124 valence electrons. The number of ether oxygens (including phenoxy) is 1. The van der Waals surface area contributed by atoms with Gasteiger partial charge in [0.15, 0.2) is 10.6 Å². The fourth-order valence-electron chi connectivity index (χ4n) is 1.50. The molecule has 1 fully saturated rings. The molecule has 2 N–H and O–H groups in total. The lowest BCUT2D eigenvalue weighted by Crippen LogP contribution is -2.30. The third-order valence-corrected chi connectivity index (χ3v) is 3.56. The number of carbonyl (C=O) groups excluding carboxylic acids is 1. The molecular weight excluding hydrogens is 310 g/mol. The Bertz CT molecular complexity index is 487. The fraction of sp³-hybridized carbons (Fsp3) is 0.692. The van der Waals surface area contributed by atoms with Crippen molar-refractivity contribution in [2.24, 2.45) is 0 Å². The van der Waals surface area contributed by atoms with Gasteiger partial charge in [-0.15, -0.1) is 0 Å². The summed E-state index contributed by atoms with van der Waals surface area (Å²) in [6, 6.07) is 0. The van der Waals surface area contributed by atoms with E-state index in [9.17, 15) is 14.9 Å². The maximum atomic E-state index is 9.88. The number of rotatable bonds is 2. The van der Waals surface area contributed by atoms with Crippen molar-refractivity contribution in [3.05, 3.63) is 10.1 Å². The minimum absolute atomic E-state index is 0.0266. The number of nitrogens with one attached hydrogen (secondary N) is 1. The molecule has 2 heterocycles. The summed E-state index contributed by atoms with van der Waals surface area (Å²) in [6.45, 7) is 7.90. The van der Waals surface area contributed by atoms with Gasteiger partial charge in [-0.25, -0.2) is 0 Å². The summed E-state index contributed by atoms with van der Waals surface area (Å²) in [6.07, 6.45) is 1.83. The minimum atomic E-state index is -0.395. The normalized spacial score (nSPS) is 15.6. The predicted octanol–water partition coefficient (Wildman–Crippen LogP) is 1.72. The van der Waals surface area contributed by atoms with Crippen LogP contribution < -0.4 is 5.32 Å². The van der Waals surface area contributed by atoms with E-state index in [4.69, 9.17) is 5.11 Å². The van der Waals surface area contributed by atoms with E-state index < -0.39 is 4.92 Å². The topological polar surface area (TPSA) is 115 Å². The van der Waals surface area contributed by atoms with Crippen LogP contribution in [0.4, 0.5) is 5.69 Å². The van der Waals surface area contributed by atoms with Gasteiger partial charge in [-0.05, 0) is 58.2 Å². The number of nitro groups is 1. The molecule has 3 aliphatic rings. The highest BCUT2D eigenvalue weighted by Crippen LogP contribution is 2.54. The second kappa shape index (κ2) is 8.16. The Hall–Kier alpha value is -1.58. The van der Waals surface area contributed by atoms with Crippen molar-refractivity contribution in [2.45, 2.75) is 45.3 Å². The molecule has 0 atom stereocenters. The minimum Gasteiger partial charge on any atom is -0.462 e. The van der Waals surface area contributed by atoms with Crippen LogP contribution in [0.15, 0.2) is 0 Å².